The molecule has 106 valence electrons. The Morgan fingerprint density at radius 3 is 2.68 bits per heavy atom. The molecule has 1 saturated heterocycles. The number of ether oxygens (including phenoxy) is 1. The maximum Gasteiger partial charge on any atom is 0.0512 e. The second kappa shape index (κ2) is 7.06. The SMILES string of the molecule is CCCNC1CCOCC1Cc1c(C)cccc1C. The fourth-order valence-corrected chi connectivity index (χ4v) is 3.03. The molecule has 0 aliphatic carbocycles. The van der Waals surface area contributed by atoms with E-state index >= 15 is 0 Å². The summed E-state index contributed by atoms with van der Waals surface area (Å²) < 4.78 is 5.70. The van der Waals surface area contributed by atoms with E-state index in [1.807, 2.05) is 0 Å². The van der Waals surface area contributed by atoms with Crippen LogP contribution in [0.15, 0.2) is 18.2 Å². The topological polar surface area (TPSA) is 21.3 Å². The maximum absolute atomic E-state index is 5.70. The van der Waals surface area contributed by atoms with Crippen molar-refractivity contribution in [2.75, 3.05) is 19.8 Å². The molecular weight excluding hydrogens is 234 g/mol. The summed E-state index contributed by atoms with van der Waals surface area (Å²) >= 11 is 0. The predicted octanol–water partition coefficient (Wildman–Crippen LogP) is 3.25. The van der Waals surface area contributed by atoms with Gasteiger partial charge in [-0.05, 0) is 56.3 Å². The molecule has 1 N–H and O–H groups in total. The summed E-state index contributed by atoms with van der Waals surface area (Å²) in [6.07, 6.45) is 3.49. The van der Waals surface area contributed by atoms with Crippen LogP contribution >= 0.6 is 0 Å². The van der Waals surface area contributed by atoms with Gasteiger partial charge in [0.1, 0.15) is 0 Å². The molecule has 1 aromatic rings. The quantitative estimate of drug-likeness (QED) is 0.878. The van der Waals surface area contributed by atoms with E-state index in [0.717, 1.165) is 32.6 Å². The molecule has 0 bridgehead atoms. The maximum atomic E-state index is 5.70. The third-order valence-electron chi connectivity index (χ3n) is 4.24. The van der Waals surface area contributed by atoms with Gasteiger partial charge in [-0.1, -0.05) is 25.1 Å². The van der Waals surface area contributed by atoms with Crippen molar-refractivity contribution < 1.29 is 4.74 Å². The molecule has 0 radical (unpaired) electrons. The van der Waals surface area contributed by atoms with Crippen LogP contribution < -0.4 is 5.32 Å². The molecule has 1 aliphatic heterocycles. The summed E-state index contributed by atoms with van der Waals surface area (Å²) in [5.41, 5.74) is 4.35. The average Bonchev–Trinajstić information content (AvgIpc) is 2.42. The van der Waals surface area contributed by atoms with Gasteiger partial charge < -0.3 is 10.1 Å². The highest BCUT2D eigenvalue weighted by Gasteiger charge is 2.26. The number of hydrogen-bond donors (Lipinski definition) is 1. The van der Waals surface area contributed by atoms with Crippen molar-refractivity contribution in [2.24, 2.45) is 5.92 Å². The number of nitrogens with one attached hydrogen (secondary N) is 1. The standard InChI is InChI=1S/C17H27NO/c1-4-9-18-17-8-10-19-12-15(17)11-16-13(2)6-5-7-14(16)3/h5-7,15,17-18H,4,8-12H2,1-3H3. The fourth-order valence-electron chi connectivity index (χ4n) is 3.03. The van der Waals surface area contributed by atoms with Crippen LogP contribution in [0.25, 0.3) is 0 Å². The van der Waals surface area contributed by atoms with Crippen LogP contribution in [0.5, 0.6) is 0 Å². The Bertz CT molecular complexity index is 382. The molecule has 2 nitrogen and oxygen atoms in total. The van der Waals surface area contributed by atoms with E-state index in [9.17, 15) is 0 Å². The zero-order valence-electron chi connectivity index (χ0n) is 12.5. The largest absolute Gasteiger partial charge is 0.381 e. The first-order valence-corrected chi connectivity index (χ1v) is 7.58. The predicted molar refractivity (Wildman–Crippen MR) is 80.6 cm³/mol. The van der Waals surface area contributed by atoms with E-state index < -0.39 is 0 Å². The zero-order valence-corrected chi connectivity index (χ0v) is 12.5. The van der Waals surface area contributed by atoms with Gasteiger partial charge in [0.2, 0.25) is 0 Å². The Labute approximate surface area is 117 Å². The number of aryl methyl sites for hydroxylation is 2. The molecule has 0 aromatic heterocycles. The van der Waals surface area contributed by atoms with Crippen molar-refractivity contribution in [3.8, 4) is 0 Å². The molecule has 2 atom stereocenters. The molecule has 2 rings (SSSR count). The lowest BCUT2D eigenvalue weighted by atomic mass is 9.86. The minimum Gasteiger partial charge on any atom is -0.381 e. The van der Waals surface area contributed by atoms with Crippen LogP contribution in [0.3, 0.4) is 0 Å². The Hall–Kier alpha value is -0.860. The molecule has 0 saturated carbocycles. The summed E-state index contributed by atoms with van der Waals surface area (Å²) in [7, 11) is 0. The molecule has 2 heteroatoms. The second-order valence-corrected chi connectivity index (χ2v) is 5.76. The highest BCUT2D eigenvalue weighted by molar-refractivity contribution is 5.34. The van der Waals surface area contributed by atoms with Gasteiger partial charge in [0.05, 0.1) is 6.61 Å². The van der Waals surface area contributed by atoms with Gasteiger partial charge in [-0.3, -0.25) is 0 Å². The number of rotatable bonds is 5. The van der Waals surface area contributed by atoms with Gasteiger partial charge in [0.15, 0.2) is 0 Å². The van der Waals surface area contributed by atoms with Crippen LogP contribution in [-0.4, -0.2) is 25.8 Å². The van der Waals surface area contributed by atoms with Crippen LogP contribution in [0.2, 0.25) is 0 Å². The van der Waals surface area contributed by atoms with Crippen molar-refractivity contribution >= 4 is 0 Å². The Morgan fingerprint density at radius 1 is 1.26 bits per heavy atom. The molecule has 1 heterocycles. The van der Waals surface area contributed by atoms with E-state index in [0.29, 0.717) is 12.0 Å². The second-order valence-electron chi connectivity index (χ2n) is 5.76. The van der Waals surface area contributed by atoms with Crippen LogP contribution in [0.4, 0.5) is 0 Å². The Kier molecular flexibility index (Phi) is 5.41. The Balaban J connectivity index is 2.06. The summed E-state index contributed by atoms with van der Waals surface area (Å²) in [6, 6.07) is 7.21. The monoisotopic (exact) mass is 261 g/mol. The van der Waals surface area contributed by atoms with Gasteiger partial charge in [-0.25, -0.2) is 0 Å². The normalized spacial score (nSPS) is 23.5. The first-order chi connectivity index (χ1) is 9.22. The van der Waals surface area contributed by atoms with Crippen LogP contribution in [0, 0.1) is 19.8 Å². The molecule has 1 aliphatic rings. The molecule has 19 heavy (non-hydrogen) atoms. The van der Waals surface area contributed by atoms with Gasteiger partial charge in [-0.15, -0.1) is 0 Å². The minimum atomic E-state index is 0.611. The highest BCUT2D eigenvalue weighted by atomic mass is 16.5. The average molecular weight is 261 g/mol. The summed E-state index contributed by atoms with van der Waals surface area (Å²) in [4.78, 5) is 0. The first kappa shape index (κ1) is 14.5. The van der Waals surface area contributed by atoms with E-state index in [4.69, 9.17) is 4.74 Å². The molecule has 0 spiro atoms. The molecule has 0 amide bonds. The Morgan fingerprint density at radius 2 is 2.00 bits per heavy atom. The smallest absolute Gasteiger partial charge is 0.0512 e. The van der Waals surface area contributed by atoms with Crippen molar-refractivity contribution in [1.29, 1.82) is 0 Å². The van der Waals surface area contributed by atoms with Crippen molar-refractivity contribution in [3.63, 3.8) is 0 Å². The lowest BCUT2D eigenvalue weighted by Crippen LogP contribution is -2.44. The summed E-state index contributed by atoms with van der Waals surface area (Å²) in [5, 5.41) is 3.70. The van der Waals surface area contributed by atoms with Crippen molar-refractivity contribution in [1.82, 2.24) is 5.32 Å². The third-order valence-corrected chi connectivity index (χ3v) is 4.24. The fraction of sp³-hybridized carbons (Fsp3) is 0.647. The summed E-state index contributed by atoms with van der Waals surface area (Å²) in [6.45, 7) is 9.60. The van der Waals surface area contributed by atoms with Gasteiger partial charge in [0, 0.05) is 18.6 Å². The summed E-state index contributed by atoms with van der Waals surface area (Å²) in [5.74, 6) is 0.611. The lowest BCUT2D eigenvalue weighted by molar-refractivity contribution is 0.0322. The highest BCUT2D eigenvalue weighted by Crippen LogP contribution is 2.23. The molecule has 1 aromatic carbocycles. The zero-order chi connectivity index (χ0) is 13.7. The molecular formula is C17H27NO. The minimum absolute atomic E-state index is 0.611. The van der Waals surface area contributed by atoms with E-state index in [1.165, 1.54) is 23.1 Å². The third kappa shape index (κ3) is 3.80. The van der Waals surface area contributed by atoms with Gasteiger partial charge >= 0.3 is 0 Å². The molecule has 2 unspecified atom stereocenters. The van der Waals surface area contributed by atoms with E-state index in [1.54, 1.807) is 0 Å². The van der Waals surface area contributed by atoms with Crippen LogP contribution in [-0.2, 0) is 11.2 Å². The number of benzene rings is 1. The van der Waals surface area contributed by atoms with E-state index in [-0.39, 0.29) is 0 Å². The van der Waals surface area contributed by atoms with Crippen molar-refractivity contribution in [3.05, 3.63) is 34.9 Å². The van der Waals surface area contributed by atoms with Crippen molar-refractivity contribution in [2.45, 2.75) is 46.1 Å². The molecule has 1 fully saturated rings. The first-order valence-electron chi connectivity index (χ1n) is 7.58. The van der Waals surface area contributed by atoms with Crippen LogP contribution in [0.1, 0.15) is 36.5 Å². The van der Waals surface area contributed by atoms with Gasteiger partial charge in [-0.2, -0.15) is 0 Å². The number of hydrogen-bond acceptors (Lipinski definition) is 2. The lowest BCUT2D eigenvalue weighted by Gasteiger charge is -2.33. The van der Waals surface area contributed by atoms with Gasteiger partial charge in [0.25, 0.3) is 0 Å². The van der Waals surface area contributed by atoms with E-state index in [2.05, 4.69) is 44.3 Å².